The molecule has 0 aliphatic heterocycles. The van der Waals surface area contributed by atoms with E-state index < -0.39 is 0 Å². The van der Waals surface area contributed by atoms with Crippen LogP contribution in [0, 0.1) is 6.07 Å². The van der Waals surface area contributed by atoms with E-state index in [4.69, 9.17) is 0 Å². The molecule has 0 saturated heterocycles. The van der Waals surface area contributed by atoms with Crippen LogP contribution in [-0.2, 0) is 24.9 Å². The first kappa shape index (κ1) is 19.1. The molecule has 0 aliphatic carbocycles. The third-order valence-corrected chi connectivity index (χ3v) is 1.58. The third kappa shape index (κ3) is 6.49. The van der Waals surface area contributed by atoms with E-state index in [-0.39, 0.29) is 49.7 Å². The molecule has 0 atom stereocenters. The summed E-state index contributed by atoms with van der Waals surface area (Å²) in [6.45, 7) is 6.63. The van der Waals surface area contributed by atoms with Gasteiger partial charge in [-0.3, -0.25) is 0 Å². The normalized spacial score (nSPS) is 8.85. The van der Waals surface area contributed by atoms with E-state index in [0.717, 1.165) is 0 Å². The van der Waals surface area contributed by atoms with Gasteiger partial charge in [0, 0.05) is 0 Å². The van der Waals surface area contributed by atoms with E-state index in [0.29, 0.717) is 0 Å². The van der Waals surface area contributed by atoms with Gasteiger partial charge in [-0.15, -0.1) is 0 Å². The van der Waals surface area contributed by atoms with Gasteiger partial charge >= 0.3 is 19.5 Å². The van der Waals surface area contributed by atoms with Gasteiger partial charge in [-0.25, -0.2) is 0 Å². The minimum Gasteiger partial charge on any atom is -1.00 e. The molecule has 0 heterocycles. The fourth-order valence-corrected chi connectivity index (χ4v) is 0.887. The van der Waals surface area contributed by atoms with Crippen molar-refractivity contribution in [2.24, 2.45) is 0 Å². The molecule has 0 aliphatic rings. The summed E-state index contributed by atoms with van der Waals surface area (Å²) in [5, 5.41) is 0. The first-order valence-electron chi connectivity index (χ1n) is 3.57. The second-order valence-corrected chi connectivity index (χ2v) is 3.54. The van der Waals surface area contributed by atoms with Gasteiger partial charge < -0.3 is 24.8 Å². The minimum atomic E-state index is 0. The SMILES string of the molecule is CC(C)(C)c1cc[c-]cc1.[Cl-].[Cl-].[Ru+3]. The number of halogens is 2. The van der Waals surface area contributed by atoms with Crippen LogP contribution in [0.3, 0.4) is 0 Å². The summed E-state index contributed by atoms with van der Waals surface area (Å²) in [6, 6.07) is 11.1. The Labute approximate surface area is 106 Å². The molecule has 1 radical (unpaired) electrons. The molecule has 0 bridgehead atoms. The molecule has 0 unspecified atom stereocenters. The second kappa shape index (κ2) is 7.79. The van der Waals surface area contributed by atoms with Gasteiger partial charge in [0.2, 0.25) is 0 Å². The maximum Gasteiger partial charge on any atom is 3.00 e. The van der Waals surface area contributed by atoms with E-state index in [1.54, 1.807) is 0 Å². The van der Waals surface area contributed by atoms with Crippen molar-refractivity contribution in [1.29, 1.82) is 0 Å². The summed E-state index contributed by atoms with van der Waals surface area (Å²) >= 11 is 0. The van der Waals surface area contributed by atoms with Crippen molar-refractivity contribution in [2.75, 3.05) is 0 Å². The van der Waals surface area contributed by atoms with Gasteiger partial charge in [-0.05, 0) is 5.41 Å². The molecule has 0 nitrogen and oxygen atoms in total. The molecular formula is C10H13Cl2Ru. The van der Waals surface area contributed by atoms with Crippen molar-refractivity contribution in [1.82, 2.24) is 0 Å². The first-order valence-corrected chi connectivity index (χ1v) is 3.57. The van der Waals surface area contributed by atoms with E-state index in [2.05, 4.69) is 39.0 Å². The van der Waals surface area contributed by atoms with Gasteiger partial charge in [0.05, 0.1) is 0 Å². The Morgan fingerprint density at radius 1 is 1.00 bits per heavy atom. The molecule has 0 aromatic heterocycles. The zero-order valence-corrected chi connectivity index (χ0v) is 11.2. The molecule has 75 valence electrons. The average Bonchev–Trinajstić information content (AvgIpc) is 1.88. The summed E-state index contributed by atoms with van der Waals surface area (Å²) in [4.78, 5) is 0. The Hall–Kier alpha value is 0.423. The molecule has 1 aromatic rings. The van der Waals surface area contributed by atoms with Crippen LogP contribution < -0.4 is 24.8 Å². The van der Waals surface area contributed by atoms with E-state index in [9.17, 15) is 0 Å². The summed E-state index contributed by atoms with van der Waals surface area (Å²) in [5.41, 5.74) is 1.64. The fraction of sp³-hybridized carbons (Fsp3) is 0.400. The summed E-state index contributed by atoms with van der Waals surface area (Å²) < 4.78 is 0. The van der Waals surface area contributed by atoms with Crippen molar-refractivity contribution < 1.29 is 44.3 Å². The number of rotatable bonds is 0. The molecule has 0 N–H and O–H groups in total. The van der Waals surface area contributed by atoms with Crippen LogP contribution in [0.25, 0.3) is 0 Å². The topological polar surface area (TPSA) is 0 Å². The molecule has 1 aromatic carbocycles. The largest absolute Gasteiger partial charge is 3.00 e. The number of benzene rings is 1. The minimum absolute atomic E-state index is 0. The zero-order chi connectivity index (χ0) is 7.61. The van der Waals surface area contributed by atoms with Crippen LogP contribution in [0.15, 0.2) is 24.3 Å². The molecule has 13 heavy (non-hydrogen) atoms. The van der Waals surface area contributed by atoms with Crippen LogP contribution in [0.5, 0.6) is 0 Å². The molecule has 0 saturated carbocycles. The maximum atomic E-state index is 3.00. The quantitative estimate of drug-likeness (QED) is 0.350. The van der Waals surface area contributed by atoms with Crippen molar-refractivity contribution in [3.8, 4) is 0 Å². The number of hydrogen-bond donors (Lipinski definition) is 0. The predicted octanol–water partition coefficient (Wildman–Crippen LogP) is -3.21. The standard InChI is InChI=1S/C10H13.2ClH.Ru/c1-10(2,3)9-7-5-4-6-8-9;;;/h5-8H,1-3H3;2*1H;/q-1;;;+3/p-2. The maximum absolute atomic E-state index is 3.00. The van der Waals surface area contributed by atoms with Gasteiger partial charge in [0.1, 0.15) is 0 Å². The van der Waals surface area contributed by atoms with Crippen molar-refractivity contribution in [3.63, 3.8) is 0 Å². The third-order valence-electron chi connectivity index (χ3n) is 1.58. The van der Waals surface area contributed by atoms with Crippen LogP contribution in [0.4, 0.5) is 0 Å². The summed E-state index contributed by atoms with van der Waals surface area (Å²) in [5.74, 6) is 0. The molecule has 1 rings (SSSR count). The zero-order valence-electron chi connectivity index (χ0n) is 7.92. The van der Waals surface area contributed by atoms with Crippen LogP contribution in [0.1, 0.15) is 26.3 Å². The van der Waals surface area contributed by atoms with Gasteiger partial charge in [0.25, 0.3) is 0 Å². The van der Waals surface area contributed by atoms with Gasteiger partial charge in [-0.2, -0.15) is 35.9 Å². The summed E-state index contributed by atoms with van der Waals surface area (Å²) in [7, 11) is 0. The smallest absolute Gasteiger partial charge is 1.00 e. The van der Waals surface area contributed by atoms with Gasteiger partial charge in [-0.1, -0.05) is 20.8 Å². The Kier molecular flexibility index (Phi) is 11.4. The van der Waals surface area contributed by atoms with Crippen LogP contribution in [0.2, 0.25) is 0 Å². The van der Waals surface area contributed by atoms with Crippen molar-refractivity contribution in [3.05, 3.63) is 35.9 Å². The average molecular weight is 305 g/mol. The summed E-state index contributed by atoms with van der Waals surface area (Å²) in [6.07, 6.45) is 0. The first-order chi connectivity index (χ1) is 4.61. The monoisotopic (exact) mass is 305 g/mol. The van der Waals surface area contributed by atoms with Crippen molar-refractivity contribution in [2.45, 2.75) is 26.2 Å². The predicted molar refractivity (Wildman–Crippen MR) is 44.0 cm³/mol. The molecular weight excluding hydrogens is 292 g/mol. The molecule has 0 spiro atoms. The van der Waals surface area contributed by atoms with E-state index in [1.165, 1.54) is 5.56 Å². The Morgan fingerprint density at radius 2 is 1.38 bits per heavy atom. The second-order valence-electron chi connectivity index (χ2n) is 3.54. The Balaban J connectivity index is -0.000000333. The Bertz CT molecular complexity index is 204. The van der Waals surface area contributed by atoms with Crippen molar-refractivity contribution >= 4 is 0 Å². The van der Waals surface area contributed by atoms with Crippen LogP contribution >= 0.6 is 0 Å². The molecule has 3 heteroatoms. The Morgan fingerprint density at radius 3 is 1.62 bits per heavy atom. The number of hydrogen-bond acceptors (Lipinski definition) is 0. The van der Waals surface area contributed by atoms with Crippen LogP contribution in [-0.4, -0.2) is 0 Å². The van der Waals surface area contributed by atoms with E-state index >= 15 is 0 Å². The molecule has 0 amide bonds. The molecule has 0 fully saturated rings. The van der Waals surface area contributed by atoms with E-state index in [1.807, 2.05) is 12.1 Å². The van der Waals surface area contributed by atoms with Gasteiger partial charge in [0.15, 0.2) is 0 Å². The fourth-order valence-electron chi connectivity index (χ4n) is 0.887.